The highest BCUT2D eigenvalue weighted by atomic mass is 19.1. The van der Waals surface area contributed by atoms with E-state index in [-0.39, 0.29) is 6.03 Å². The van der Waals surface area contributed by atoms with Gasteiger partial charge in [-0.1, -0.05) is 0 Å². The molecular formula is C24H25F2N9O2. The number of piperazine rings is 1. The number of carbonyl (C=O) groups is 2. The smallest absolute Gasteiger partial charge is 0.341 e. The zero-order valence-electron chi connectivity index (χ0n) is 20.3. The summed E-state index contributed by atoms with van der Waals surface area (Å²) >= 11 is 0. The lowest BCUT2D eigenvalue weighted by Gasteiger charge is -2.37. The van der Waals surface area contributed by atoms with Gasteiger partial charge in [-0.3, -0.25) is 4.79 Å². The van der Waals surface area contributed by atoms with Crippen molar-refractivity contribution in [3.63, 3.8) is 0 Å². The summed E-state index contributed by atoms with van der Waals surface area (Å²) in [5.41, 5.74) is 7.30. The number of rotatable bonds is 4. The van der Waals surface area contributed by atoms with Crippen molar-refractivity contribution in [1.82, 2.24) is 29.7 Å². The summed E-state index contributed by atoms with van der Waals surface area (Å²) in [6, 6.07) is 4.13. The molecule has 11 nitrogen and oxygen atoms in total. The Bertz CT molecular complexity index is 1380. The van der Waals surface area contributed by atoms with Gasteiger partial charge in [0.15, 0.2) is 5.82 Å². The van der Waals surface area contributed by atoms with Gasteiger partial charge in [-0.2, -0.15) is 10.2 Å². The summed E-state index contributed by atoms with van der Waals surface area (Å²) in [7, 11) is 0. The highest BCUT2D eigenvalue weighted by molar-refractivity contribution is 5.95. The van der Waals surface area contributed by atoms with Gasteiger partial charge in [-0.05, 0) is 31.5 Å². The van der Waals surface area contributed by atoms with Crippen molar-refractivity contribution in [2.45, 2.75) is 26.3 Å². The molecule has 2 aliphatic heterocycles. The molecule has 0 unspecified atom stereocenters. The van der Waals surface area contributed by atoms with Crippen LogP contribution in [0.15, 0.2) is 35.7 Å². The van der Waals surface area contributed by atoms with Crippen LogP contribution < -0.4 is 10.6 Å². The number of nitrogens with two attached hydrogens (primary N) is 1. The fourth-order valence-electron chi connectivity index (χ4n) is 4.76. The Balaban J connectivity index is 1.28. The van der Waals surface area contributed by atoms with E-state index in [2.05, 4.69) is 20.2 Å². The van der Waals surface area contributed by atoms with E-state index in [9.17, 15) is 18.4 Å². The van der Waals surface area contributed by atoms with Gasteiger partial charge in [-0.25, -0.2) is 33.2 Å². The van der Waals surface area contributed by atoms with Crippen molar-refractivity contribution >= 4 is 24.0 Å². The second-order valence-corrected chi connectivity index (χ2v) is 8.91. The maximum atomic E-state index is 13.7. The van der Waals surface area contributed by atoms with Gasteiger partial charge in [0.2, 0.25) is 0 Å². The summed E-state index contributed by atoms with van der Waals surface area (Å²) in [6.45, 7) is 5.27. The Morgan fingerprint density at radius 2 is 1.65 bits per heavy atom. The monoisotopic (exact) mass is 509 g/mol. The van der Waals surface area contributed by atoms with Crippen LogP contribution >= 0.6 is 0 Å². The fourth-order valence-corrected chi connectivity index (χ4v) is 4.76. The second-order valence-electron chi connectivity index (χ2n) is 8.91. The van der Waals surface area contributed by atoms with Crippen molar-refractivity contribution in [2.75, 3.05) is 31.1 Å². The fraction of sp³-hybridized carbons (Fsp3) is 0.333. The molecule has 1 saturated heterocycles. The van der Waals surface area contributed by atoms with E-state index in [0.717, 1.165) is 6.07 Å². The average Bonchev–Trinajstić information content (AvgIpc) is 3.47. The number of carbonyl (C=O) groups excluding carboxylic acids is 2. The standard InChI is InChI=1S/C24H25F2N9O2/c1-14-22(23(27)36)15(2)34(31-14)21-12-20(28-13-29-21)32-5-7-33(8-6-32)24(37)35-19(3-4-30-35)16-9-17(25)11-18(26)10-16/h4,9-13,19H,3,5-8H2,1-2H3,(H2,27,36)/t19-/m0/s1. The molecule has 0 aliphatic carbocycles. The summed E-state index contributed by atoms with van der Waals surface area (Å²) in [5.74, 6) is -0.800. The van der Waals surface area contributed by atoms with Crippen molar-refractivity contribution < 1.29 is 18.4 Å². The van der Waals surface area contributed by atoms with Crippen molar-refractivity contribution in [2.24, 2.45) is 10.8 Å². The molecule has 13 heteroatoms. The Kier molecular flexibility index (Phi) is 6.27. The minimum Gasteiger partial charge on any atom is -0.365 e. The number of aryl methyl sites for hydroxylation is 1. The molecule has 0 bridgehead atoms. The minimum absolute atomic E-state index is 0.326. The highest BCUT2D eigenvalue weighted by Crippen LogP contribution is 2.30. The summed E-state index contributed by atoms with van der Waals surface area (Å²) in [5, 5.41) is 9.86. The topological polar surface area (TPSA) is 126 Å². The van der Waals surface area contributed by atoms with Crippen LogP contribution in [0.25, 0.3) is 5.82 Å². The Morgan fingerprint density at radius 3 is 2.30 bits per heavy atom. The molecule has 2 N–H and O–H groups in total. The minimum atomic E-state index is -0.696. The summed E-state index contributed by atoms with van der Waals surface area (Å²) in [6.07, 6.45) is 3.37. The SMILES string of the molecule is Cc1nn(-c2cc(N3CCN(C(=O)N4N=CC[C@H]4c4cc(F)cc(F)c4)CC3)ncn2)c(C)c1C(N)=O. The number of hydrazone groups is 1. The molecule has 192 valence electrons. The molecule has 0 saturated carbocycles. The van der Waals surface area contributed by atoms with E-state index >= 15 is 0 Å². The van der Waals surface area contributed by atoms with Gasteiger partial charge in [0, 0.05) is 50.9 Å². The lowest BCUT2D eigenvalue weighted by atomic mass is 10.0. The first-order valence-corrected chi connectivity index (χ1v) is 11.7. The molecular weight excluding hydrogens is 484 g/mol. The lowest BCUT2D eigenvalue weighted by molar-refractivity contribution is 0.0999. The first-order chi connectivity index (χ1) is 17.7. The third-order valence-corrected chi connectivity index (χ3v) is 6.56. The van der Waals surface area contributed by atoms with Gasteiger partial charge < -0.3 is 15.5 Å². The van der Waals surface area contributed by atoms with E-state index < -0.39 is 23.6 Å². The van der Waals surface area contributed by atoms with Crippen LogP contribution in [0.5, 0.6) is 0 Å². The third kappa shape index (κ3) is 4.59. The van der Waals surface area contributed by atoms with Gasteiger partial charge in [0.1, 0.15) is 23.8 Å². The number of nitrogens with zero attached hydrogens (tertiary/aromatic N) is 8. The first-order valence-electron chi connectivity index (χ1n) is 11.7. The van der Waals surface area contributed by atoms with E-state index in [1.165, 1.54) is 23.5 Å². The molecule has 1 aromatic carbocycles. The van der Waals surface area contributed by atoms with Crippen LogP contribution in [0.3, 0.4) is 0 Å². The number of urea groups is 1. The molecule has 1 atom stereocenters. The predicted molar refractivity (Wildman–Crippen MR) is 130 cm³/mol. The van der Waals surface area contributed by atoms with Gasteiger partial charge in [0.25, 0.3) is 5.91 Å². The van der Waals surface area contributed by atoms with Crippen LogP contribution in [0.1, 0.15) is 39.8 Å². The number of anilines is 1. The number of primary amides is 1. The summed E-state index contributed by atoms with van der Waals surface area (Å²) < 4.78 is 29.1. The zero-order chi connectivity index (χ0) is 26.3. The molecule has 37 heavy (non-hydrogen) atoms. The molecule has 3 amide bonds. The Labute approximate surface area is 211 Å². The number of hydrogen-bond acceptors (Lipinski definition) is 7. The number of hydrogen-bond donors (Lipinski definition) is 1. The van der Waals surface area contributed by atoms with Crippen LogP contribution in [0.4, 0.5) is 19.4 Å². The van der Waals surface area contributed by atoms with Gasteiger partial charge in [0.05, 0.1) is 23.0 Å². The van der Waals surface area contributed by atoms with Crippen LogP contribution in [-0.2, 0) is 0 Å². The van der Waals surface area contributed by atoms with Crippen LogP contribution in [0, 0.1) is 25.5 Å². The normalized spacial score (nSPS) is 17.5. The largest absolute Gasteiger partial charge is 0.365 e. The van der Waals surface area contributed by atoms with E-state index in [4.69, 9.17) is 5.73 Å². The van der Waals surface area contributed by atoms with Crippen LogP contribution in [-0.4, -0.2) is 74.0 Å². The van der Waals surface area contributed by atoms with Crippen molar-refractivity contribution in [3.8, 4) is 5.82 Å². The molecule has 2 aliphatic rings. The molecule has 0 spiro atoms. The van der Waals surface area contributed by atoms with E-state index in [1.54, 1.807) is 35.7 Å². The summed E-state index contributed by atoms with van der Waals surface area (Å²) in [4.78, 5) is 37.3. The van der Waals surface area contributed by atoms with Gasteiger partial charge >= 0.3 is 6.03 Å². The number of aromatic nitrogens is 4. The molecule has 3 aromatic rings. The number of benzene rings is 1. The molecule has 2 aromatic heterocycles. The van der Waals surface area contributed by atoms with E-state index in [1.807, 2.05) is 4.90 Å². The number of amides is 3. The third-order valence-electron chi connectivity index (χ3n) is 6.56. The number of halogens is 2. The second kappa shape index (κ2) is 9.56. The quantitative estimate of drug-likeness (QED) is 0.575. The maximum Gasteiger partial charge on any atom is 0.341 e. The molecule has 1 fully saturated rings. The molecule has 4 heterocycles. The Morgan fingerprint density at radius 1 is 0.973 bits per heavy atom. The Hall–Kier alpha value is -4.42. The predicted octanol–water partition coefficient (Wildman–Crippen LogP) is 2.33. The van der Waals surface area contributed by atoms with Crippen LogP contribution in [0.2, 0.25) is 0 Å². The molecule has 0 radical (unpaired) electrons. The van der Waals surface area contributed by atoms with Crippen molar-refractivity contribution in [3.05, 3.63) is 64.7 Å². The van der Waals surface area contributed by atoms with E-state index in [0.29, 0.717) is 66.8 Å². The zero-order valence-corrected chi connectivity index (χ0v) is 20.3. The van der Waals surface area contributed by atoms with Crippen molar-refractivity contribution in [1.29, 1.82) is 0 Å². The average molecular weight is 510 g/mol. The highest BCUT2D eigenvalue weighted by Gasteiger charge is 2.33. The molecule has 5 rings (SSSR count). The first kappa shape index (κ1) is 24.3. The lowest BCUT2D eigenvalue weighted by Crippen LogP contribution is -2.52. The van der Waals surface area contributed by atoms with Gasteiger partial charge in [-0.15, -0.1) is 0 Å². The maximum absolute atomic E-state index is 13.7.